The highest BCUT2D eigenvalue weighted by atomic mass is 15.4. The van der Waals surface area contributed by atoms with Gasteiger partial charge in [-0.25, -0.2) is 0 Å². The van der Waals surface area contributed by atoms with Crippen molar-refractivity contribution < 1.29 is 4.48 Å². The van der Waals surface area contributed by atoms with Crippen LogP contribution in [0.5, 0.6) is 0 Å². The predicted molar refractivity (Wildman–Crippen MR) is 64.5 cm³/mol. The Morgan fingerprint density at radius 1 is 1.07 bits per heavy atom. The van der Waals surface area contributed by atoms with Crippen LogP contribution in [0.3, 0.4) is 0 Å². The number of likely N-dealkylation sites (tertiary alicyclic amines) is 1. The molecule has 0 aliphatic carbocycles. The highest BCUT2D eigenvalue weighted by Gasteiger charge is 2.30. The second kappa shape index (κ2) is 4.80. The van der Waals surface area contributed by atoms with E-state index in [1.54, 1.807) is 0 Å². The molecule has 0 spiro atoms. The van der Waals surface area contributed by atoms with E-state index in [9.17, 15) is 0 Å². The van der Waals surface area contributed by atoms with Crippen LogP contribution in [0, 0.1) is 0 Å². The third kappa shape index (κ3) is 2.60. The summed E-state index contributed by atoms with van der Waals surface area (Å²) in [6.07, 6.45) is 4.16. The van der Waals surface area contributed by atoms with Gasteiger partial charge in [0.1, 0.15) is 6.54 Å². The Kier molecular flexibility index (Phi) is 3.42. The minimum absolute atomic E-state index is 1.24. The Morgan fingerprint density at radius 2 is 1.73 bits per heavy atom. The van der Waals surface area contributed by atoms with Crippen molar-refractivity contribution >= 4 is 0 Å². The molecule has 82 valence electrons. The Morgan fingerprint density at radius 3 is 2.33 bits per heavy atom. The van der Waals surface area contributed by atoms with Gasteiger partial charge in [-0.15, -0.1) is 0 Å². The molecule has 0 bridgehead atoms. The van der Waals surface area contributed by atoms with E-state index < -0.39 is 0 Å². The standard InChI is InChI=1S/C14H22N/c1-2-10-15(11-6-7-12-15)13-14-8-4-3-5-9-14/h3-5,8-9H,2,6-7,10-13H2,1H3/q+1. The van der Waals surface area contributed by atoms with Gasteiger partial charge in [0.05, 0.1) is 19.6 Å². The third-order valence-corrected chi connectivity index (χ3v) is 3.57. The lowest BCUT2D eigenvalue weighted by Crippen LogP contribution is -2.44. The van der Waals surface area contributed by atoms with Gasteiger partial charge in [-0.2, -0.15) is 0 Å². The summed E-state index contributed by atoms with van der Waals surface area (Å²) in [7, 11) is 0. The van der Waals surface area contributed by atoms with E-state index in [1.165, 1.54) is 55.5 Å². The van der Waals surface area contributed by atoms with Crippen molar-refractivity contribution in [2.45, 2.75) is 32.7 Å². The molecule has 0 aromatic heterocycles. The highest BCUT2D eigenvalue weighted by molar-refractivity contribution is 5.13. The predicted octanol–water partition coefficient (Wildman–Crippen LogP) is 3.21. The van der Waals surface area contributed by atoms with Crippen molar-refractivity contribution in [1.82, 2.24) is 0 Å². The number of rotatable bonds is 4. The first-order valence-corrected chi connectivity index (χ1v) is 6.24. The molecule has 1 fully saturated rings. The number of quaternary nitrogens is 1. The summed E-state index contributed by atoms with van der Waals surface area (Å²) in [5.41, 5.74) is 1.51. The number of nitrogens with zero attached hydrogens (tertiary/aromatic N) is 1. The summed E-state index contributed by atoms with van der Waals surface area (Å²) >= 11 is 0. The fourth-order valence-corrected chi connectivity index (χ4v) is 2.91. The lowest BCUT2D eigenvalue weighted by atomic mass is 10.2. The highest BCUT2D eigenvalue weighted by Crippen LogP contribution is 2.23. The lowest BCUT2D eigenvalue weighted by molar-refractivity contribution is -0.929. The molecular formula is C14H22N+. The minimum atomic E-state index is 1.24. The third-order valence-electron chi connectivity index (χ3n) is 3.57. The van der Waals surface area contributed by atoms with E-state index in [1.807, 2.05) is 0 Å². The number of hydrogen-bond donors (Lipinski definition) is 0. The van der Waals surface area contributed by atoms with E-state index in [4.69, 9.17) is 0 Å². The first kappa shape index (κ1) is 10.7. The molecule has 0 unspecified atom stereocenters. The van der Waals surface area contributed by atoms with Gasteiger partial charge in [0.2, 0.25) is 0 Å². The van der Waals surface area contributed by atoms with E-state index >= 15 is 0 Å². The van der Waals surface area contributed by atoms with Crippen LogP contribution in [0.2, 0.25) is 0 Å². The first-order chi connectivity index (χ1) is 7.35. The maximum atomic E-state index is 2.31. The second-order valence-corrected chi connectivity index (χ2v) is 4.86. The topological polar surface area (TPSA) is 0 Å². The van der Waals surface area contributed by atoms with Crippen molar-refractivity contribution in [3.05, 3.63) is 35.9 Å². The van der Waals surface area contributed by atoms with Crippen LogP contribution in [-0.4, -0.2) is 24.1 Å². The Bertz CT molecular complexity index is 285. The zero-order chi connectivity index (χ0) is 10.6. The van der Waals surface area contributed by atoms with Gasteiger partial charge < -0.3 is 4.48 Å². The average molecular weight is 204 g/mol. The smallest absolute Gasteiger partial charge is 0.104 e. The largest absolute Gasteiger partial charge is 0.320 e. The van der Waals surface area contributed by atoms with Gasteiger partial charge in [-0.1, -0.05) is 37.3 Å². The molecule has 0 atom stereocenters. The molecule has 1 aromatic rings. The van der Waals surface area contributed by atoms with E-state index in [-0.39, 0.29) is 0 Å². The summed E-state index contributed by atoms with van der Waals surface area (Å²) in [4.78, 5) is 0. The zero-order valence-corrected chi connectivity index (χ0v) is 9.78. The summed E-state index contributed by atoms with van der Waals surface area (Å²) in [6.45, 7) is 7.69. The van der Waals surface area contributed by atoms with Crippen molar-refractivity contribution in [3.8, 4) is 0 Å². The van der Waals surface area contributed by atoms with Crippen molar-refractivity contribution in [3.63, 3.8) is 0 Å². The van der Waals surface area contributed by atoms with Crippen LogP contribution in [0.15, 0.2) is 30.3 Å². The molecule has 1 aliphatic heterocycles. The van der Waals surface area contributed by atoms with Crippen LogP contribution in [0.4, 0.5) is 0 Å². The monoisotopic (exact) mass is 204 g/mol. The molecule has 1 saturated heterocycles. The molecule has 1 aromatic carbocycles. The molecule has 0 radical (unpaired) electrons. The van der Waals surface area contributed by atoms with Crippen LogP contribution in [0.25, 0.3) is 0 Å². The molecule has 2 rings (SSSR count). The van der Waals surface area contributed by atoms with Crippen LogP contribution >= 0.6 is 0 Å². The quantitative estimate of drug-likeness (QED) is 0.661. The van der Waals surface area contributed by atoms with E-state index in [0.29, 0.717) is 0 Å². The minimum Gasteiger partial charge on any atom is -0.320 e. The summed E-state index contributed by atoms with van der Waals surface area (Å²) < 4.78 is 1.33. The number of hydrogen-bond acceptors (Lipinski definition) is 0. The molecule has 1 aliphatic rings. The van der Waals surface area contributed by atoms with Crippen molar-refractivity contribution in [1.29, 1.82) is 0 Å². The zero-order valence-electron chi connectivity index (χ0n) is 9.78. The van der Waals surface area contributed by atoms with Crippen LogP contribution in [-0.2, 0) is 6.54 Å². The van der Waals surface area contributed by atoms with Crippen molar-refractivity contribution in [2.24, 2.45) is 0 Å². The van der Waals surface area contributed by atoms with Crippen molar-refractivity contribution in [2.75, 3.05) is 19.6 Å². The molecule has 1 nitrogen and oxygen atoms in total. The summed E-state index contributed by atoms with van der Waals surface area (Å²) in [6, 6.07) is 11.0. The maximum Gasteiger partial charge on any atom is 0.104 e. The average Bonchev–Trinajstić information content (AvgIpc) is 2.69. The maximum absolute atomic E-state index is 2.31. The van der Waals surface area contributed by atoms with Gasteiger partial charge in [0, 0.05) is 18.4 Å². The first-order valence-electron chi connectivity index (χ1n) is 6.24. The molecular weight excluding hydrogens is 182 g/mol. The fourth-order valence-electron chi connectivity index (χ4n) is 2.91. The molecule has 0 saturated carbocycles. The fraction of sp³-hybridized carbons (Fsp3) is 0.571. The Hall–Kier alpha value is -0.820. The Labute approximate surface area is 93.3 Å². The SMILES string of the molecule is CCC[N+]1(Cc2ccccc2)CCCC1. The normalized spacial score (nSPS) is 19.3. The molecule has 0 N–H and O–H groups in total. The molecule has 1 heterocycles. The Balaban J connectivity index is 2.07. The molecule has 15 heavy (non-hydrogen) atoms. The second-order valence-electron chi connectivity index (χ2n) is 4.86. The van der Waals surface area contributed by atoms with Crippen LogP contribution in [0.1, 0.15) is 31.7 Å². The molecule has 1 heteroatoms. The summed E-state index contributed by atoms with van der Waals surface area (Å²) in [5.74, 6) is 0. The van der Waals surface area contributed by atoms with E-state index in [2.05, 4.69) is 37.3 Å². The van der Waals surface area contributed by atoms with Gasteiger partial charge in [0.25, 0.3) is 0 Å². The van der Waals surface area contributed by atoms with Gasteiger partial charge >= 0.3 is 0 Å². The van der Waals surface area contributed by atoms with Gasteiger partial charge in [0.15, 0.2) is 0 Å². The summed E-state index contributed by atoms with van der Waals surface area (Å²) in [5, 5.41) is 0. The number of benzene rings is 1. The molecule has 0 amide bonds. The van der Waals surface area contributed by atoms with Gasteiger partial charge in [-0.3, -0.25) is 0 Å². The van der Waals surface area contributed by atoms with Gasteiger partial charge in [-0.05, 0) is 6.42 Å². The van der Waals surface area contributed by atoms with E-state index in [0.717, 1.165) is 0 Å². The van der Waals surface area contributed by atoms with Crippen LogP contribution < -0.4 is 0 Å². The lowest BCUT2D eigenvalue weighted by Gasteiger charge is -2.34.